The van der Waals surface area contributed by atoms with Gasteiger partial charge in [-0.1, -0.05) is 26.2 Å². The molecular formula is C9H19N. The third-order valence-electron chi connectivity index (χ3n) is 2.81. The zero-order chi connectivity index (χ0) is 7.40. The summed E-state index contributed by atoms with van der Waals surface area (Å²) in [5, 5.41) is 0. The lowest BCUT2D eigenvalue weighted by molar-refractivity contribution is 0.168. The van der Waals surface area contributed by atoms with Crippen LogP contribution in [0.2, 0.25) is 0 Å². The van der Waals surface area contributed by atoms with Gasteiger partial charge in [0, 0.05) is 0 Å². The van der Waals surface area contributed by atoms with Crippen LogP contribution in [0.1, 0.15) is 39.0 Å². The first kappa shape index (κ1) is 8.06. The average Bonchev–Trinajstić information content (AvgIpc) is 1.88. The van der Waals surface area contributed by atoms with E-state index in [1.807, 2.05) is 0 Å². The highest BCUT2D eigenvalue weighted by molar-refractivity contribution is 4.80. The lowest BCUT2D eigenvalue weighted by atomic mass is 9.71. The Labute approximate surface area is 64.0 Å². The highest BCUT2D eigenvalue weighted by atomic mass is 14.6. The van der Waals surface area contributed by atoms with Crippen molar-refractivity contribution in [2.45, 2.75) is 39.0 Å². The van der Waals surface area contributed by atoms with E-state index in [0.717, 1.165) is 18.4 Å². The Morgan fingerprint density at radius 1 is 1.30 bits per heavy atom. The molecule has 0 radical (unpaired) electrons. The van der Waals surface area contributed by atoms with Crippen molar-refractivity contribution in [3.8, 4) is 0 Å². The molecule has 10 heavy (non-hydrogen) atoms. The molecule has 1 aliphatic rings. The third-order valence-corrected chi connectivity index (χ3v) is 2.81. The number of unbranched alkanes of at least 4 members (excludes halogenated alkanes) is 1. The Morgan fingerprint density at radius 3 is 2.40 bits per heavy atom. The predicted molar refractivity (Wildman–Crippen MR) is 44.8 cm³/mol. The van der Waals surface area contributed by atoms with Crippen LogP contribution in [0.25, 0.3) is 0 Å². The molecule has 0 heterocycles. The van der Waals surface area contributed by atoms with Gasteiger partial charge in [-0.15, -0.1) is 0 Å². The highest BCUT2D eigenvalue weighted by Gasteiger charge is 2.28. The van der Waals surface area contributed by atoms with Crippen LogP contribution in [0, 0.1) is 11.8 Å². The van der Waals surface area contributed by atoms with Crippen LogP contribution < -0.4 is 5.73 Å². The zero-order valence-corrected chi connectivity index (χ0v) is 6.97. The fraction of sp³-hybridized carbons (Fsp3) is 1.00. The van der Waals surface area contributed by atoms with E-state index in [2.05, 4.69) is 6.92 Å². The Hall–Kier alpha value is -0.0400. The van der Waals surface area contributed by atoms with Crippen molar-refractivity contribution in [1.29, 1.82) is 0 Å². The second-order valence-corrected chi connectivity index (χ2v) is 3.48. The molecule has 1 aliphatic carbocycles. The standard InChI is InChI=1S/C9H19N/c1-2-3-4-8-5-6-9(8)7-10/h8-9H,2-7,10H2,1H3. The van der Waals surface area contributed by atoms with Gasteiger partial charge in [-0.05, 0) is 31.2 Å². The van der Waals surface area contributed by atoms with E-state index in [0.29, 0.717) is 0 Å². The van der Waals surface area contributed by atoms with Crippen LogP contribution in [0.15, 0.2) is 0 Å². The van der Waals surface area contributed by atoms with Crippen LogP contribution in [0.4, 0.5) is 0 Å². The minimum atomic E-state index is 0.881. The molecule has 0 amide bonds. The summed E-state index contributed by atoms with van der Waals surface area (Å²) < 4.78 is 0. The van der Waals surface area contributed by atoms with E-state index in [1.165, 1.54) is 32.1 Å². The molecule has 0 spiro atoms. The van der Waals surface area contributed by atoms with Gasteiger partial charge in [-0.3, -0.25) is 0 Å². The van der Waals surface area contributed by atoms with Crippen molar-refractivity contribution in [3.05, 3.63) is 0 Å². The maximum Gasteiger partial charge on any atom is -0.00462 e. The third kappa shape index (κ3) is 1.72. The smallest absolute Gasteiger partial charge is 0.00462 e. The van der Waals surface area contributed by atoms with Crippen molar-refractivity contribution in [2.75, 3.05) is 6.54 Å². The fourth-order valence-corrected chi connectivity index (χ4v) is 1.79. The van der Waals surface area contributed by atoms with Crippen LogP contribution >= 0.6 is 0 Å². The lowest BCUT2D eigenvalue weighted by Crippen LogP contribution is -2.32. The maximum absolute atomic E-state index is 5.60. The Morgan fingerprint density at radius 2 is 2.00 bits per heavy atom. The summed E-state index contributed by atoms with van der Waals surface area (Å²) in [7, 11) is 0. The first-order chi connectivity index (χ1) is 4.88. The largest absolute Gasteiger partial charge is 0.330 e. The van der Waals surface area contributed by atoms with Crippen LogP contribution in [0.5, 0.6) is 0 Å². The molecule has 0 aliphatic heterocycles. The molecule has 0 aromatic heterocycles. The molecule has 0 aromatic rings. The monoisotopic (exact) mass is 141 g/mol. The molecule has 1 rings (SSSR count). The summed E-state index contributed by atoms with van der Waals surface area (Å²) in [4.78, 5) is 0. The van der Waals surface area contributed by atoms with E-state index in [1.54, 1.807) is 0 Å². The molecule has 1 fully saturated rings. The normalized spacial score (nSPS) is 31.8. The molecule has 2 atom stereocenters. The zero-order valence-electron chi connectivity index (χ0n) is 6.97. The van der Waals surface area contributed by atoms with Gasteiger partial charge in [-0.25, -0.2) is 0 Å². The fourth-order valence-electron chi connectivity index (χ4n) is 1.79. The van der Waals surface area contributed by atoms with Crippen molar-refractivity contribution in [1.82, 2.24) is 0 Å². The second kappa shape index (κ2) is 3.97. The number of nitrogens with two attached hydrogens (primary N) is 1. The van der Waals surface area contributed by atoms with Gasteiger partial charge in [0.15, 0.2) is 0 Å². The molecule has 2 N–H and O–H groups in total. The van der Waals surface area contributed by atoms with E-state index >= 15 is 0 Å². The molecule has 1 saturated carbocycles. The quantitative estimate of drug-likeness (QED) is 0.638. The number of hydrogen-bond donors (Lipinski definition) is 1. The summed E-state index contributed by atoms with van der Waals surface area (Å²) in [5.41, 5.74) is 5.60. The van der Waals surface area contributed by atoms with Crippen LogP contribution in [-0.2, 0) is 0 Å². The van der Waals surface area contributed by atoms with Gasteiger partial charge in [0.05, 0.1) is 0 Å². The van der Waals surface area contributed by atoms with Gasteiger partial charge in [-0.2, -0.15) is 0 Å². The van der Waals surface area contributed by atoms with Gasteiger partial charge in [0.25, 0.3) is 0 Å². The first-order valence-electron chi connectivity index (χ1n) is 4.58. The van der Waals surface area contributed by atoms with Crippen molar-refractivity contribution >= 4 is 0 Å². The van der Waals surface area contributed by atoms with Crippen molar-refractivity contribution in [2.24, 2.45) is 17.6 Å². The summed E-state index contributed by atoms with van der Waals surface area (Å²) in [5.74, 6) is 1.87. The van der Waals surface area contributed by atoms with Gasteiger partial charge >= 0.3 is 0 Å². The number of rotatable bonds is 4. The summed E-state index contributed by atoms with van der Waals surface area (Å²) in [6.45, 7) is 3.19. The second-order valence-electron chi connectivity index (χ2n) is 3.48. The average molecular weight is 141 g/mol. The summed E-state index contributed by atoms with van der Waals surface area (Å²) >= 11 is 0. The van der Waals surface area contributed by atoms with Crippen molar-refractivity contribution in [3.63, 3.8) is 0 Å². The minimum Gasteiger partial charge on any atom is -0.330 e. The van der Waals surface area contributed by atoms with Crippen LogP contribution in [0.3, 0.4) is 0 Å². The van der Waals surface area contributed by atoms with Gasteiger partial charge in [0.1, 0.15) is 0 Å². The topological polar surface area (TPSA) is 26.0 Å². The Balaban J connectivity index is 2.05. The van der Waals surface area contributed by atoms with E-state index in [-0.39, 0.29) is 0 Å². The predicted octanol–water partition coefficient (Wildman–Crippen LogP) is 2.16. The molecule has 60 valence electrons. The Kier molecular flexibility index (Phi) is 3.20. The van der Waals surface area contributed by atoms with Crippen molar-refractivity contribution < 1.29 is 0 Å². The summed E-state index contributed by atoms with van der Waals surface area (Å²) in [6, 6.07) is 0. The van der Waals surface area contributed by atoms with E-state index < -0.39 is 0 Å². The minimum absolute atomic E-state index is 0.881. The molecule has 2 unspecified atom stereocenters. The SMILES string of the molecule is CCCCC1CCC1CN. The molecule has 0 aromatic carbocycles. The molecule has 0 saturated heterocycles. The summed E-state index contributed by atoms with van der Waals surface area (Å²) in [6.07, 6.45) is 7.01. The van der Waals surface area contributed by atoms with E-state index in [9.17, 15) is 0 Å². The molecule has 1 heteroatoms. The number of hydrogen-bond acceptors (Lipinski definition) is 1. The van der Waals surface area contributed by atoms with Gasteiger partial charge in [0.2, 0.25) is 0 Å². The molecular weight excluding hydrogens is 122 g/mol. The highest BCUT2D eigenvalue weighted by Crippen LogP contribution is 2.36. The van der Waals surface area contributed by atoms with Crippen LogP contribution in [-0.4, -0.2) is 6.54 Å². The maximum atomic E-state index is 5.60. The Bertz CT molecular complexity index is 88.7. The lowest BCUT2D eigenvalue weighted by Gasteiger charge is -2.35. The first-order valence-corrected chi connectivity index (χ1v) is 4.58. The van der Waals surface area contributed by atoms with Gasteiger partial charge < -0.3 is 5.73 Å². The molecule has 1 nitrogen and oxygen atoms in total. The van der Waals surface area contributed by atoms with E-state index in [4.69, 9.17) is 5.73 Å². The molecule has 0 bridgehead atoms.